The lowest BCUT2D eigenvalue weighted by Crippen LogP contribution is -2.03. The van der Waals surface area contributed by atoms with Crippen LogP contribution >= 0.6 is 0 Å². The van der Waals surface area contributed by atoms with Gasteiger partial charge in [-0.2, -0.15) is 0 Å². The second kappa shape index (κ2) is 7.43. The van der Waals surface area contributed by atoms with Crippen LogP contribution in [0.25, 0.3) is 0 Å². The summed E-state index contributed by atoms with van der Waals surface area (Å²) in [5.74, 6) is 0. The molecule has 2 nitrogen and oxygen atoms in total. The van der Waals surface area contributed by atoms with Crippen molar-refractivity contribution in [2.45, 2.75) is 19.8 Å². The molecule has 0 bridgehead atoms. The second-order valence-corrected chi connectivity index (χ2v) is 3.70. The average Bonchev–Trinajstić information content (AvgIpc) is 2.23. The summed E-state index contributed by atoms with van der Waals surface area (Å²) in [7, 11) is 1.69. The molecule has 0 saturated carbocycles. The Kier molecular flexibility index (Phi) is 6.05. The summed E-state index contributed by atoms with van der Waals surface area (Å²) in [5, 5.41) is 0. The number of rotatable bonds is 7. The molecule has 2 heteroatoms. The van der Waals surface area contributed by atoms with E-state index in [2.05, 4.69) is 31.2 Å². The van der Waals surface area contributed by atoms with Crippen molar-refractivity contribution in [3.8, 4) is 0 Å². The van der Waals surface area contributed by atoms with Gasteiger partial charge in [0.1, 0.15) is 0 Å². The van der Waals surface area contributed by atoms with E-state index in [9.17, 15) is 0 Å². The lowest BCUT2D eigenvalue weighted by atomic mass is 10.1. The highest BCUT2D eigenvalue weighted by molar-refractivity contribution is 5.22. The molecule has 0 atom stereocenters. The molecule has 1 rings (SSSR count). The minimum atomic E-state index is 0.685. The van der Waals surface area contributed by atoms with E-state index in [4.69, 9.17) is 9.47 Å². The molecule has 0 unspecified atom stereocenters. The maximum atomic E-state index is 5.40. The highest BCUT2D eigenvalue weighted by Gasteiger charge is 1.94. The minimum absolute atomic E-state index is 0.685. The van der Waals surface area contributed by atoms with Crippen molar-refractivity contribution in [3.63, 3.8) is 0 Å². The highest BCUT2D eigenvalue weighted by atomic mass is 16.5. The van der Waals surface area contributed by atoms with Crippen molar-refractivity contribution >= 4 is 0 Å². The zero-order valence-corrected chi connectivity index (χ0v) is 9.66. The van der Waals surface area contributed by atoms with Gasteiger partial charge in [0.25, 0.3) is 0 Å². The summed E-state index contributed by atoms with van der Waals surface area (Å²) in [6.07, 6.45) is 2.17. The normalized spacial score (nSPS) is 10.5. The summed E-state index contributed by atoms with van der Waals surface area (Å²) < 4.78 is 10.3. The molecular formula is C13H20O2. The Hall–Kier alpha value is -0.860. The Morgan fingerprint density at radius 3 is 2.73 bits per heavy atom. The van der Waals surface area contributed by atoms with Gasteiger partial charge in [-0.05, 0) is 25.3 Å². The van der Waals surface area contributed by atoms with Crippen LogP contribution < -0.4 is 0 Å². The molecular weight excluding hydrogens is 188 g/mol. The highest BCUT2D eigenvalue weighted by Crippen LogP contribution is 2.06. The molecule has 84 valence electrons. The molecule has 0 N–H and O–H groups in total. The predicted molar refractivity (Wildman–Crippen MR) is 62.2 cm³/mol. The monoisotopic (exact) mass is 208 g/mol. The van der Waals surface area contributed by atoms with E-state index < -0.39 is 0 Å². The van der Waals surface area contributed by atoms with E-state index >= 15 is 0 Å². The molecule has 0 amide bonds. The van der Waals surface area contributed by atoms with Crippen LogP contribution in [0, 0.1) is 6.92 Å². The third-order valence-electron chi connectivity index (χ3n) is 2.27. The lowest BCUT2D eigenvalue weighted by molar-refractivity contribution is 0.0695. The molecule has 0 heterocycles. The topological polar surface area (TPSA) is 18.5 Å². The van der Waals surface area contributed by atoms with E-state index in [0.717, 1.165) is 19.4 Å². The van der Waals surface area contributed by atoms with Gasteiger partial charge in [-0.15, -0.1) is 0 Å². The summed E-state index contributed by atoms with van der Waals surface area (Å²) in [5.41, 5.74) is 2.72. The van der Waals surface area contributed by atoms with Gasteiger partial charge >= 0.3 is 0 Å². The fourth-order valence-corrected chi connectivity index (χ4v) is 1.49. The van der Waals surface area contributed by atoms with Crippen molar-refractivity contribution in [2.24, 2.45) is 0 Å². The molecule has 0 spiro atoms. The first-order valence-electron chi connectivity index (χ1n) is 5.45. The zero-order valence-electron chi connectivity index (χ0n) is 9.66. The summed E-state index contributed by atoms with van der Waals surface area (Å²) in [6.45, 7) is 4.32. The SMILES string of the molecule is COCCOCCCc1cccc(C)c1. The Morgan fingerprint density at radius 1 is 1.13 bits per heavy atom. The van der Waals surface area contributed by atoms with Crippen LogP contribution in [0.15, 0.2) is 24.3 Å². The minimum Gasteiger partial charge on any atom is -0.382 e. The number of hydrogen-bond acceptors (Lipinski definition) is 2. The summed E-state index contributed by atoms with van der Waals surface area (Å²) in [4.78, 5) is 0. The third kappa shape index (κ3) is 5.55. The first-order chi connectivity index (χ1) is 7.33. The number of hydrogen-bond donors (Lipinski definition) is 0. The Labute approximate surface area is 92.2 Å². The van der Waals surface area contributed by atoms with Gasteiger partial charge in [0.15, 0.2) is 0 Å². The van der Waals surface area contributed by atoms with Gasteiger partial charge in [-0.3, -0.25) is 0 Å². The number of benzene rings is 1. The summed E-state index contributed by atoms with van der Waals surface area (Å²) >= 11 is 0. The van der Waals surface area contributed by atoms with Crippen LogP contribution in [0.2, 0.25) is 0 Å². The maximum absolute atomic E-state index is 5.40. The quantitative estimate of drug-likeness (QED) is 0.641. The van der Waals surface area contributed by atoms with Gasteiger partial charge in [-0.25, -0.2) is 0 Å². The van der Waals surface area contributed by atoms with E-state index in [0.29, 0.717) is 13.2 Å². The molecule has 0 aliphatic rings. The van der Waals surface area contributed by atoms with E-state index in [1.165, 1.54) is 11.1 Å². The van der Waals surface area contributed by atoms with Gasteiger partial charge in [-0.1, -0.05) is 29.8 Å². The standard InChI is InChI=1S/C13H20O2/c1-12-5-3-6-13(11-12)7-4-8-15-10-9-14-2/h3,5-6,11H,4,7-10H2,1-2H3. The Morgan fingerprint density at radius 2 is 2.00 bits per heavy atom. The van der Waals surface area contributed by atoms with Gasteiger partial charge in [0.05, 0.1) is 13.2 Å². The summed E-state index contributed by atoms with van der Waals surface area (Å²) in [6, 6.07) is 8.63. The molecule has 0 aliphatic carbocycles. The van der Waals surface area contributed by atoms with Gasteiger partial charge < -0.3 is 9.47 Å². The van der Waals surface area contributed by atoms with E-state index in [-0.39, 0.29) is 0 Å². The zero-order chi connectivity index (χ0) is 10.9. The van der Waals surface area contributed by atoms with Crippen LogP contribution in [0.3, 0.4) is 0 Å². The number of ether oxygens (including phenoxy) is 2. The molecule has 0 radical (unpaired) electrons. The Bertz CT molecular complexity index is 271. The fraction of sp³-hybridized carbons (Fsp3) is 0.538. The largest absolute Gasteiger partial charge is 0.382 e. The van der Waals surface area contributed by atoms with Crippen LogP contribution in [0.4, 0.5) is 0 Å². The van der Waals surface area contributed by atoms with Crippen molar-refractivity contribution in [3.05, 3.63) is 35.4 Å². The van der Waals surface area contributed by atoms with Gasteiger partial charge in [0.2, 0.25) is 0 Å². The van der Waals surface area contributed by atoms with E-state index in [1.807, 2.05) is 0 Å². The van der Waals surface area contributed by atoms with Crippen molar-refractivity contribution in [1.29, 1.82) is 0 Å². The fourth-order valence-electron chi connectivity index (χ4n) is 1.49. The average molecular weight is 208 g/mol. The first kappa shape index (κ1) is 12.2. The molecule has 0 aromatic heterocycles. The molecule has 15 heavy (non-hydrogen) atoms. The molecule has 0 saturated heterocycles. The van der Waals surface area contributed by atoms with Crippen molar-refractivity contribution in [2.75, 3.05) is 26.9 Å². The second-order valence-electron chi connectivity index (χ2n) is 3.70. The number of methoxy groups -OCH3 is 1. The van der Waals surface area contributed by atoms with Crippen molar-refractivity contribution < 1.29 is 9.47 Å². The van der Waals surface area contributed by atoms with Crippen LogP contribution in [-0.2, 0) is 15.9 Å². The smallest absolute Gasteiger partial charge is 0.0700 e. The molecule has 1 aromatic rings. The van der Waals surface area contributed by atoms with Gasteiger partial charge in [0, 0.05) is 13.7 Å². The number of aryl methyl sites for hydroxylation is 2. The lowest BCUT2D eigenvalue weighted by Gasteiger charge is -2.04. The third-order valence-corrected chi connectivity index (χ3v) is 2.27. The Balaban J connectivity index is 2.10. The molecule has 0 aliphatic heterocycles. The molecule has 0 fully saturated rings. The molecule has 1 aromatic carbocycles. The predicted octanol–water partition coefficient (Wildman–Crippen LogP) is 2.59. The van der Waals surface area contributed by atoms with Crippen LogP contribution in [0.5, 0.6) is 0 Å². The van der Waals surface area contributed by atoms with Crippen molar-refractivity contribution in [1.82, 2.24) is 0 Å². The van der Waals surface area contributed by atoms with E-state index in [1.54, 1.807) is 7.11 Å². The van der Waals surface area contributed by atoms with Crippen LogP contribution in [-0.4, -0.2) is 26.9 Å². The first-order valence-corrected chi connectivity index (χ1v) is 5.45. The van der Waals surface area contributed by atoms with Crippen LogP contribution in [0.1, 0.15) is 17.5 Å². The maximum Gasteiger partial charge on any atom is 0.0700 e.